The van der Waals surface area contributed by atoms with E-state index in [4.69, 9.17) is 0 Å². The molecule has 1 heterocycles. The molecule has 0 unspecified atom stereocenters. The van der Waals surface area contributed by atoms with Crippen LogP contribution in [0, 0.1) is 0 Å². The standard InChI is InChI=1S/C20H19N3O2/c24-19(16-8-3-1-4-9-16)15-23-13-7-10-17(14-23)20(25)22-21-18-11-5-2-6-12-18/h1-9,11-14,21H,10,15H2,(H,22,25). The molecule has 0 atom stereocenters. The smallest absolute Gasteiger partial charge is 0.267 e. The predicted molar refractivity (Wildman–Crippen MR) is 97.5 cm³/mol. The number of rotatable bonds is 6. The molecule has 0 spiro atoms. The van der Waals surface area contributed by atoms with Gasteiger partial charge in [0.15, 0.2) is 5.78 Å². The molecule has 2 N–H and O–H groups in total. The van der Waals surface area contributed by atoms with Gasteiger partial charge in [0.1, 0.15) is 0 Å². The minimum atomic E-state index is -0.217. The van der Waals surface area contributed by atoms with Gasteiger partial charge in [-0.3, -0.25) is 20.4 Å². The highest BCUT2D eigenvalue weighted by Gasteiger charge is 2.15. The molecule has 126 valence electrons. The van der Waals surface area contributed by atoms with E-state index in [-0.39, 0.29) is 18.2 Å². The molecule has 0 aromatic heterocycles. The minimum absolute atomic E-state index is 0.00516. The monoisotopic (exact) mass is 333 g/mol. The van der Waals surface area contributed by atoms with Gasteiger partial charge < -0.3 is 4.90 Å². The molecule has 5 nitrogen and oxygen atoms in total. The lowest BCUT2D eigenvalue weighted by atomic mass is 10.1. The lowest BCUT2D eigenvalue weighted by Gasteiger charge is -2.20. The average molecular weight is 333 g/mol. The zero-order valence-corrected chi connectivity index (χ0v) is 13.7. The van der Waals surface area contributed by atoms with Crippen molar-refractivity contribution in [1.29, 1.82) is 0 Å². The largest absolute Gasteiger partial charge is 0.346 e. The number of amides is 1. The number of nitrogens with one attached hydrogen (secondary N) is 2. The molecule has 1 aliphatic heterocycles. The van der Waals surface area contributed by atoms with Gasteiger partial charge in [-0.25, -0.2) is 0 Å². The number of ketones is 1. The molecule has 0 radical (unpaired) electrons. The van der Waals surface area contributed by atoms with Crippen LogP contribution in [0.15, 0.2) is 84.7 Å². The fourth-order valence-electron chi connectivity index (χ4n) is 2.47. The molecule has 1 aliphatic rings. The maximum absolute atomic E-state index is 12.3. The Morgan fingerprint density at radius 1 is 0.960 bits per heavy atom. The summed E-state index contributed by atoms with van der Waals surface area (Å²) < 4.78 is 0. The Balaban J connectivity index is 1.59. The zero-order chi connectivity index (χ0) is 17.5. The highest BCUT2D eigenvalue weighted by Crippen LogP contribution is 2.14. The number of hydrogen-bond donors (Lipinski definition) is 2. The Labute approximate surface area is 146 Å². The van der Waals surface area contributed by atoms with Crippen molar-refractivity contribution in [3.05, 3.63) is 90.3 Å². The van der Waals surface area contributed by atoms with Crippen molar-refractivity contribution in [2.75, 3.05) is 12.0 Å². The van der Waals surface area contributed by atoms with Gasteiger partial charge in [-0.05, 0) is 18.6 Å². The fraction of sp³-hybridized carbons (Fsp3) is 0.100. The number of Topliss-reactive ketones (excluding diaryl/α,β-unsaturated/α-hetero) is 1. The molecule has 5 heteroatoms. The van der Waals surface area contributed by atoms with Crippen LogP contribution in [-0.4, -0.2) is 23.1 Å². The molecule has 1 amide bonds. The average Bonchev–Trinajstić information content (AvgIpc) is 2.68. The normalized spacial score (nSPS) is 13.1. The van der Waals surface area contributed by atoms with Crippen LogP contribution in [0.25, 0.3) is 0 Å². The van der Waals surface area contributed by atoms with Crippen molar-refractivity contribution >= 4 is 17.4 Å². The van der Waals surface area contributed by atoms with Crippen molar-refractivity contribution in [1.82, 2.24) is 10.3 Å². The summed E-state index contributed by atoms with van der Waals surface area (Å²) in [6.45, 7) is 0.198. The van der Waals surface area contributed by atoms with E-state index >= 15 is 0 Å². The second-order valence-electron chi connectivity index (χ2n) is 5.65. The Morgan fingerprint density at radius 3 is 2.36 bits per heavy atom. The van der Waals surface area contributed by atoms with E-state index in [1.165, 1.54) is 0 Å². The predicted octanol–water partition coefficient (Wildman–Crippen LogP) is 3.12. The van der Waals surface area contributed by atoms with E-state index in [0.717, 1.165) is 5.69 Å². The summed E-state index contributed by atoms with van der Waals surface area (Å²) in [7, 11) is 0. The van der Waals surface area contributed by atoms with Gasteiger partial charge in [-0.1, -0.05) is 54.6 Å². The van der Waals surface area contributed by atoms with Crippen LogP contribution in [0.2, 0.25) is 0 Å². The second kappa shape index (κ2) is 7.97. The third-order valence-corrected chi connectivity index (χ3v) is 3.76. The molecular weight excluding hydrogens is 314 g/mol. The van der Waals surface area contributed by atoms with Gasteiger partial charge in [-0.15, -0.1) is 0 Å². The van der Waals surface area contributed by atoms with Gasteiger partial charge in [0.25, 0.3) is 5.91 Å². The number of allylic oxidation sites excluding steroid dienone is 1. The van der Waals surface area contributed by atoms with E-state index in [1.54, 1.807) is 23.2 Å². The molecule has 0 bridgehead atoms. The number of nitrogens with zero attached hydrogens (tertiary/aromatic N) is 1. The van der Waals surface area contributed by atoms with Crippen LogP contribution in [0.1, 0.15) is 16.8 Å². The molecule has 0 saturated carbocycles. The molecule has 0 saturated heterocycles. The van der Waals surface area contributed by atoms with E-state index < -0.39 is 0 Å². The summed E-state index contributed by atoms with van der Waals surface area (Å²) in [6.07, 6.45) is 5.93. The molecule has 2 aromatic carbocycles. The first-order valence-corrected chi connectivity index (χ1v) is 8.05. The van der Waals surface area contributed by atoms with Crippen LogP contribution < -0.4 is 10.9 Å². The van der Waals surface area contributed by atoms with Crippen LogP contribution in [0.4, 0.5) is 5.69 Å². The number of carbonyl (C=O) groups is 2. The van der Waals surface area contributed by atoms with Crippen molar-refractivity contribution in [3.8, 4) is 0 Å². The second-order valence-corrected chi connectivity index (χ2v) is 5.65. The number of benzene rings is 2. The van der Waals surface area contributed by atoms with Crippen LogP contribution >= 0.6 is 0 Å². The minimum Gasteiger partial charge on any atom is -0.346 e. The quantitative estimate of drug-likeness (QED) is 0.630. The number of para-hydroxylation sites is 1. The molecular formula is C20H19N3O2. The number of carbonyl (C=O) groups excluding carboxylic acids is 2. The zero-order valence-electron chi connectivity index (χ0n) is 13.7. The highest BCUT2D eigenvalue weighted by atomic mass is 16.2. The SMILES string of the molecule is O=C(NNc1ccccc1)C1=CN(CC(=O)c2ccccc2)C=CC1. The summed E-state index contributed by atoms with van der Waals surface area (Å²) >= 11 is 0. The molecule has 2 aromatic rings. The third-order valence-electron chi connectivity index (χ3n) is 3.76. The Kier molecular flexibility index (Phi) is 5.26. The Hall–Kier alpha value is -3.34. The van der Waals surface area contributed by atoms with Gasteiger partial charge >= 0.3 is 0 Å². The van der Waals surface area contributed by atoms with E-state index in [0.29, 0.717) is 17.6 Å². The molecule has 25 heavy (non-hydrogen) atoms. The van der Waals surface area contributed by atoms with Crippen molar-refractivity contribution in [2.45, 2.75) is 6.42 Å². The first-order chi connectivity index (χ1) is 12.2. The van der Waals surface area contributed by atoms with Crippen LogP contribution in [0.5, 0.6) is 0 Å². The summed E-state index contributed by atoms with van der Waals surface area (Å²) in [6, 6.07) is 18.5. The van der Waals surface area contributed by atoms with Gasteiger partial charge in [0.05, 0.1) is 12.2 Å². The fourth-order valence-corrected chi connectivity index (χ4v) is 2.47. The van der Waals surface area contributed by atoms with Crippen LogP contribution in [-0.2, 0) is 4.79 Å². The summed E-state index contributed by atoms with van der Waals surface area (Å²) in [5, 5.41) is 0. The van der Waals surface area contributed by atoms with Crippen LogP contribution in [0.3, 0.4) is 0 Å². The topological polar surface area (TPSA) is 61.4 Å². The van der Waals surface area contributed by atoms with Gasteiger partial charge in [0, 0.05) is 23.5 Å². The summed E-state index contributed by atoms with van der Waals surface area (Å²) in [4.78, 5) is 26.3. The Morgan fingerprint density at radius 2 is 1.64 bits per heavy atom. The van der Waals surface area contributed by atoms with Gasteiger partial charge in [-0.2, -0.15) is 0 Å². The summed E-state index contributed by atoms with van der Waals surface area (Å²) in [5.74, 6) is -0.212. The van der Waals surface area contributed by atoms with E-state index in [1.807, 2.05) is 60.8 Å². The Bertz CT molecular complexity index is 798. The molecule has 3 rings (SSSR count). The number of hydrazine groups is 1. The number of anilines is 1. The molecule has 0 aliphatic carbocycles. The third kappa shape index (κ3) is 4.57. The van der Waals surface area contributed by atoms with Crippen molar-refractivity contribution in [3.63, 3.8) is 0 Å². The lowest BCUT2D eigenvalue weighted by Crippen LogP contribution is -2.32. The first kappa shape index (κ1) is 16.5. The highest BCUT2D eigenvalue weighted by molar-refractivity contribution is 5.98. The van der Waals surface area contributed by atoms with Crippen molar-refractivity contribution < 1.29 is 9.59 Å². The first-order valence-electron chi connectivity index (χ1n) is 8.05. The van der Waals surface area contributed by atoms with E-state index in [9.17, 15) is 9.59 Å². The van der Waals surface area contributed by atoms with Gasteiger partial charge in [0.2, 0.25) is 0 Å². The lowest BCUT2D eigenvalue weighted by molar-refractivity contribution is -0.117. The maximum atomic E-state index is 12.3. The number of hydrogen-bond acceptors (Lipinski definition) is 4. The summed E-state index contributed by atoms with van der Waals surface area (Å²) in [5.41, 5.74) is 7.60. The molecule has 0 fully saturated rings. The maximum Gasteiger partial charge on any atom is 0.267 e. The van der Waals surface area contributed by atoms with Crippen molar-refractivity contribution in [2.24, 2.45) is 0 Å². The van der Waals surface area contributed by atoms with E-state index in [2.05, 4.69) is 10.9 Å².